The lowest BCUT2D eigenvalue weighted by atomic mass is 9.93. The van der Waals surface area contributed by atoms with Crippen LogP contribution in [0.2, 0.25) is 0 Å². The minimum atomic E-state index is -0.969. The van der Waals surface area contributed by atoms with Crippen LogP contribution in [0.25, 0.3) is 0 Å². The van der Waals surface area contributed by atoms with E-state index >= 15 is 0 Å². The summed E-state index contributed by atoms with van der Waals surface area (Å²) in [5.41, 5.74) is 4.37. The zero-order chi connectivity index (χ0) is 14.8. The Morgan fingerprint density at radius 2 is 2.20 bits per heavy atom. The maximum Gasteiger partial charge on any atom is 0.310 e. The first kappa shape index (κ1) is 14.3. The second-order valence-electron chi connectivity index (χ2n) is 4.87. The maximum atomic E-state index is 11.7. The number of primary amides is 1. The number of nitrogens with zero attached hydrogens (tertiary/aromatic N) is 1. The molecule has 1 amide bonds. The van der Waals surface area contributed by atoms with E-state index in [0.717, 1.165) is 12.8 Å². The van der Waals surface area contributed by atoms with Crippen LogP contribution in [0.15, 0.2) is 24.3 Å². The van der Waals surface area contributed by atoms with Gasteiger partial charge in [0.15, 0.2) is 5.75 Å². The molecule has 20 heavy (non-hydrogen) atoms. The lowest BCUT2D eigenvalue weighted by Crippen LogP contribution is -2.59. The predicted molar refractivity (Wildman–Crippen MR) is 72.3 cm³/mol. The Hall–Kier alpha value is -2.15. The van der Waals surface area contributed by atoms with Crippen LogP contribution in [0.5, 0.6) is 5.75 Å². The summed E-state index contributed by atoms with van der Waals surface area (Å²) in [6.45, 7) is -0.0195. The summed E-state index contributed by atoms with van der Waals surface area (Å²) >= 11 is 0. The van der Waals surface area contributed by atoms with Gasteiger partial charge in [0, 0.05) is 6.07 Å². The van der Waals surface area contributed by atoms with Crippen LogP contribution in [-0.2, 0) is 4.79 Å². The van der Waals surface area contributed by atoms with Gasteiger partial charge >= 0.3 is 5.69 Å². The number of para-hydroxylation sites is 2. The molecule has 0 saturated heterocycles. The van der Waals surface area contributed by atoms with E-state index in [4.69, 9.17) is 10.5 Å². The predicted octanol–water partition coefficient (Wildman–Crippen LogP) is 0.827. The number of hydrogen-bond acceptors (Lipinski definition) is 5. The molecule has 0 spiro atoms. The van der Waals surface area contributed by atoms with Gasteiger partial charge in [0.1, 0.15) is 12.1 Å². The van der Waals surface area contributed by atoms with Crippen molar-refractivity contribution in [3.63, 3.8) is 0 Å². The Labute approximate surface area is 116 Å². The molecular formula is C13H17N3O4. The first-order valence-electron chi connectivity index (χ1n) is 6.36. The van der Waals surface area contributed by atoms with Crippen molar-refractivity contribution in [2.24, 2.45) is 11.7 Å². The first-order valence-corrected chi connectivity index (χ1v) is 6.36. The van der Waals surface area contributed by atoms with Crippen molar-refractivity contribution in [2.75, 3.05) is 13.7 Å². The quantitative estimate of drug-likeness (QED) is 0.567. The number of carbonyl (C=O) groups excluding carboxylic acids is 1. The zero-order valence-electron chi connectivity index (χ0n) is 11.2. The number of benzene rings is 1. The van der Waals surface area contributed by atoms with E-state index in [-0.39, 0.29) is 24.0 Å². The van der Waals surface area contributed by atoms with E-state index in [1.807, 2.05) is 0 Å². The number of nitro benzene ring substituents is 1. The molecule has 3 N–H and O–H groups in total. The number of nitrogens with two attached hydrogens (primary N) is 1. The molecule has 0 aliphatic heterocycles. The minimum absolute atomic E-state index is 0.0195. The van der Waals surface area contributed by atoms with Gasteiger partial charge in [-0.05, 0) is 31.9 Å². The summed E-state index contributed by atoms with van der Waals surface area (Å²) in [7, 11) is 1.64. The van der Waals surface area contributed by atoms with Gasteiger partial charge in [-0.3, -0.25) is 14.9 Å². The van der Waals surface area contributed by atoms with Gasteiger partial charge in [0.25, 0.3) is 0 Å². The SMILES string of the molecule is CNC(COc1ccccc1[N+](=O)[O-])(C(N)=O)C1CC1. The van der Waals surface area contributed by atoms with Crippen molar-refractivity contribution >= 4 is 11.6 Å². The van der Waals surface area contributed by atoms with Crippen LogP contribution in [0.4, 0.5) is 5.69 Å². The van der Waals surface area contributed by atoms with Gasteiger partial charge in [0.05, 0.1) is 4.92 Å². The van der Waals surface area contributed by atoms with E-state index < -0.39 is 16.4 Å². The minimum Gasteiger partial charge on any atom is -0.484 e. The summed E-state index contributed by atoms with van der Waals surface area (Å²) < 4.78 is 5.51. The Morgan fingerprint density at radius 1 is 1.55 bits per heavy atom. The van der Waals surface area contributed by atoms with Crippen LogP contribution < -0.4 is 15.8 Å². The molecule has 108 valence electrons. The highest BCUT2D eigenvalue weighted by molar-refractivity contribution is 5.85. The Morgan fingerprint density at radius 3 is 2.70 bits per heavy atom. The largest absolute Gasteiger partial charge is 0.484 e. The van der Waals surface area contributed by atoms with Crippen LogP contribution in [0, 0.1) is 16.0 Å². The molecular weight excluding hydrogens is 262 g/mol. The molecule has 1 aromatic carbocycles. The number of nitrogens with one attached hydrogen (secondary N) is 1. The number of ether oxygens (including phenoxy) is 1. The molecule has 7 heteroatoms. The lowest BCUT2D eigenvalue weighted by molar-refractivity contribution is -0.385. The average Bonchev–Trinajstić information content (AvgIpc) is 3.25. The number of hydrogen-bond donors (Lipinski definition) is 2. The number of rotatable bonds is 7. The second-order valence-corrected chi connectivity index (χ2v) is 4.87. The smallest absolute Gasteiger partial charge is 0.310 e. The van der Waals surface area contributed by atoms with Crippen LogP contribution in [-0.4, -0.2) is 30.0 Å². The molecule has 1 unspecified atom stereocenters. The van der Waals surface area contributed by atoms with Gasteiger partial charge in [-0.2, -0.15) is 0 Å². The summed E-state index contributed by atoms with van der Waals surface area (Å²) in [4.78, 5) is 22.1. The van der Waals surface area contributed by atoms with Gasteiger partial charge < -0.3 is 15.8 Å². The van der Waals surface area contributed by atoms with Crippen LogP contribution in [0.1, 0.15) is 12.8 Å². The number of carbonyl (C=O) groups is 1. The number of nitro groups is 1. The van der Waals surface area contributed by atoms with Gasteiger partial charge in [-0.1, -0.05) is 12.1 Å². The van der Waals surface area contributed by atoms with Crippen molar-refractivity contribution in [3.05, 3.63) is 34.4 Å². The molecule has 1 saturated carbocycles. The van der Waals surface area contributed by atoms with Crippen LogP contribution in [0.3, 0.4) is 0 Å². The molecule has 1 aromatic rings. The second kappa shape index (κ2) is 5.46. The monoisotopic (exact) mass is 279 g/mol. The number of likely N-dealkylation sites (N-methyl/N-ethyl adjacent to an activating group) is 1. The van der Waals surface area contributed by atoms with Crippen molar-refractivity contribution in [1.29, 1.82) is 0 Å². The molecule has 1 aliphatic carbocycles. The van der Waals surface area contributed by atoms with E-state index in [2.05, 4.69) is 5.32 Å². The highest BCUT2D eigenvalue weighted by Gasteiger charge is 2.49. The summed E-state index contributed by atoms with van der Waals surface area (Å²) in [6.07, 6.45) is 1.79. The Balaban J connectivity index is 2.18. The highest BCUT2D eigenvalue weighted by Crippen LogP contribution is 2.40. The normalized spacial score (nSPS) is 17.2. The van der Waals surface area contributed by atoms with Crippen LogP contribution >= 0.6 is 0 Å². The first-order chi connectivity index (χ1) is 9.51. The molecule has 2 rings (SSSR count). The maximum absolute atomic E-state index is 11.7. The average molecular weight is 279 g/mol. The summed E-state index contributed by atoms with van der Waals surface area (Å²) in [5.74, 6) is -0.243. The third-order valence-corrected chi connectivity index (χ3v) is 3.68. The van der Waals surface area contributed by atoms with Gasteiger partial charge in [0.2, 0.25) is 5.91 Å². The Kier molecular flexibility index (Phi) is 3.89. The molecule has 0 aromatic heterocycles. The third kappa shape index (κ3) is 2.57. The Bertz CT molecular complexity index is 530. The fourth-order valence-corrected chi connectivity index (χ4v) is 2.29. The molecule has 7 nitrogen and oxygen atoms in total. The van der Waals surface area contributed by atoms with E-state index in [0.29, 0.717) is 0 Å². The summed E-state index contributed by atoms with van der Waals surface area (Å²) in [5, 5.41) is 13.8. The fourth-order valence-electron chi connectivity index (χ4n) is 2.29. The summed E-state index contributed by atoms with van der Waals surface area (Å²) in [6, 6.07) is 6.07. The molecule has 0 radical (unpaired) electrons. The van der Waals surface area contributed by atoms with Crippen molar-refractivity contribution in [2.45, 2.75) is 18.4 Å². The van der Waals surface area contributed by atoms with Crippen molar-refractivity contribution < 1.29 is 14.5 Å². The standard InChI is InChI=1S/C13H17N3O4/c1-15-13(12(14)17,9-6-7-9)8-20-11-5-3-2-4-10(11)16(18)19/h2-5,9,15H,6-8H2,1H3,(H2,14,17). The van der Waals surface area contributed by atoms with Gasteiger partial charge in [-0.25, -0.2) is 0 Å². The molecule has 1 fully saturated rings. The van der Waals surface area contributed by atoms with E-state index in [9.17, 15) is 14.9 Å². The topological polar surface area (TPSA) is 107 Å². The van der Waals surface area contributed by atoms with Gasteiger partial charge in [-0.15, -0.1) is 0 Å². The highest BCUT2D eigenvalue weighted by atomic mass is 16.6. The third-order valence-electron chi connectivity index (χ3n) is 3.68. The lowest BCUT2D eigenvalue weighted by Gasteiger charge is -2.30. The van der Waals surface area contributed by atoms with E-state index in [1.165, 1.54) is 12.1 Å². The van der Waals surface area contributed by atoms with E-state index in [1.54, 1.807) is 19.2 Å². The fraction of sp³-hybridized carbons (Fsp3) is 0.462. The molecule has 0 bridgehead atoms. The van der Waals surface area contributed by atoms with Crippen molar-refractivity contribution in [3.8, 4) is 5.75 Å². The molecule has 0 heterocycles. The number of amides is 1. The molecule has 1 atom stereocenters. The molecule has 1 aliphatic rings. The van der Waals surface area contributed by atoms with Crippen molar-refractivity contribution in [1.82, 2.24) is 5.32 Å². The zero-order valence-corrected chi connectivity index (χ0v) is 11.2.